The summed E-state index contributed by atoms with van der Waals surface area (Å²) in [5, 5.41) is 2.70. The third-order valence-corrected chi connectivity index (χ3v) is 5.67. The average Bonchev–Trinajstić information content (AvgIpc) is 2.58. The van der Waals surface area contributed by atoms with Crippen LogP contribution in [0.5, 0.6) is 5.75 Å². The number of sulfonamides is 1. The molecule has 0 aliphatic carbocycles. The summed E-state index contributed by atoms with van der Waals surface area (Å²) in [6, 6.07) is 8.78. The van der Waals surface area contributed by atoms with Crippen molar-refractivity contribution in [1.82, 2.24) is 4.31 Å². The van der Waals surface area contributed by atoms with Gasteiger partial charge in [0.15, 0.2) is 0 Å². The number of benzene rings is 2. The number of rotatable bonds is 6. The molecule has 2 aromatic rings. The summed E-state index contributed by atoms with van der Waals surface area (Å²) in [6.45, 7) is 3.31. The van der Waals surface area contributed by atoms with Crippen molar-refractivity contribution in [3.8, 4) is 5.75 Å². The summed E-state index contributed by atoms with van der Waals surface area (Å²) in [5.74, 6) is -1.20. The Morgan fingerprint density at radius 3 is 2.54 bits per heavy atom. The van der Waals surface area contributed by atoms with Crippen LogP contribution in [0.3, 0.4) is 0 Å². The minimum Gasteiger partial charge on any atom is -0.495 e. The molecule has 1 N–H and O–H groups in total. The number of hydrogen-bond acceptors (Lipinski definition) is 4. The first-order valence-corrected chi connectivity index (χ1v) is 9.26. The Balaban J connectivity index is 2.20. The molecule has 0 saturated heterocycles. The lowest BCUT2D eigenvalue weighted by Crippen LogP contribution is -2.35. The lowest BCUT2D eigenvalue weighted by molar-refractivity contribution is -0.116. The minimum absolute atomic E-state index is 0.00758. The van der Waals surface area contributed by atoms with Crippen LogP contribution in [0.15, 0.2) is 41.3 Å². The van der Waals surface area contributed by atoms with E-state index in [0.717, 1.165) is 27.6 Å². The molecule has 6 nitrogen and oxygen atoms in total. The topological polar surface area (TPSA) is 75.7 Å². The predicted molar refractivity (Wildman–Crippen MR) is 97.3 cm³/mol. The van der Waals surface area contributed by atoms with E-state index in [4.69, 9.17) is 4.74 Å². The van der Waals surface area contributed by atoms with Gasteiger partial charge in [0.2, 0.25) is 15.9 Å². The van der Waals surface area contributed by atoms with Gasteiger partial charge in [-0.25, -0.2) is 12.8 Å². The second-order valence-corrected chi connectivity index (χ2v) is 7.94. The number of aryl methyl sites for hydroxylation is 2. The SMILES string of the molecule is COc1ccc(F)cc1S(=O)(=O)N(C)CC(=O)Nc1cc(C)ccc1C. The van der Waals surface area contributed by atoms with Crippen LogP contribution in [0.2, 0.25) is 0 Å². The molecule has 0 aromatic heterocycles. The molecule has 0 bridgehead atoms. The molecule has 0 atom stereocenters. The molecule has 0 saturated carbocycles. The summed E-state index contributed by atoms with van der Waals surface area (Å²) in [6.07, 6.45) is 0. The first-order chi connectivity index (χ1) is 12.1. The molecular weight excluding hydrogens is 359 g/mol. The fourth-order valence-corrected chi connectivity index (χ4v) is 3.66. The van der Waals surface area contributed by atoms with Gasteiger partial charge < -0.3 is 10.1 Å². The quantitative estimate of drug-likeness (QED) is 0.836. The van der Waals surface area contributed by atoms with Gasteiger partial charge in [-0.05, 0) is 49.2 Å². The summed E-state index contributed by atoms with van der Waals surface area (Å²) in [5.41, 5.74) is 2.45. The smallest absolute Gasteiger partial charge is 0.247 e. The number of methoxy groups -OCH3 is 1. The van der Waals surface area contributed by atoms with Crippen LogP contribution in [0.25, 0.3) is 0 Å². The number of nitrogens with one attached hydrogen (secondary N) is 1. The third-order valence-electron chi connectivity index (χ3n) is 3.85. The number of ether oxygens (including phenoxy) is 1. The molecule has 0 aliphatic heterocycles. The van der Waals surface area contributed by atoms with Gasteiger partial charge >= 0.3 is 0 Å². The number of halogens is 1. The van der Waals surface area contributed by atoms with Gasteiger partial charge in [0.1, 0.15) is 16.5 Å². The van der Waals surface area contributed by atoms with E-state index in [9.17, 15) is 17.6 Å². The van der Waals surface area contributed by atoms with Crippen molar-refractivity contribution in [2.24, 2.45) is 0 Å². The van der Waals surface area contributed by atoms with E-state index in [2.05, 4.69) is 5.32 Å². The van der Waals surface area contributed by atoms with Crippen molar-refractivity contribution < 1.29 is 22.3 Å². The highest BCUT2D eigenvalue weighted by Gasteiger charge is 2.27. The summed E-state index contributed by atoms with van der Waals surface area (Å²) < 4.78 is 44.7. The number of carbonyl (C=O) groups is 1. The number of hydrogen-bond donors (Lipinski definition) is 1. The van der Waals surface area contributed by atoms with E-state index < -0.39 is 28.3 Å². The lowest BCUT2D eigenvalue weighted by atomic mass is 10.1. The molecule has 0 spiro atoms. The summed E-state index contributed by atoms with van der Waals surface area (Å²) in [4.78, 5) is 11.9. The van der Waals surface area contributed by atoms with Crippen LogP contribution >= 0.6 is 0 Å². The highest BCUT2D eigenvalue weighted by molar-refractivity contribution is 7.89. The molecule has 0 heterocycles. The zero-order chi connectivity index (χ0) is 19.5. The number of anilines is 1. The maximum Gasteiger partial charge on any atom is 0.247 e. The number of likely N-dealkylation sites (N-methyl/N-ethyl adjacent to an activating group) is 1. The van der Waals surface area contributed by atoms with Crippen molar-refractivity contribution in [3.05, 3.63) is 53.3 Å². The Labute approximate surface area is 152 Å². The normalized spacial score (nSPS) is 11.5. The number of carbonyl (C=O) groups excluding carboxylic acids is 1. The van der Waals surface area contributed by atoms with Crippen LogP contribution in [0, 0.1) is 19.7 Å². The van der Waals surface area contributed by atoms with E-state index >= 15 is 0 Å². The van der Waals surface area contributed by atoms with E-state index in [0.29, 0.717) is 5.69 Å². The van der Waals surface area contributed by atoms with E-state index in [1.165, 1.54) is 20.2 Å². The van der Waals surface area contributed by atoms with Gasteiger partial charge in [0, 0.05) is 12.7 Å². The van der Waals surface area contributed by atoms with Gasteiger partial charge in [-0.15, -0.1) is 0 Å². The van der Waals surface area contributed by atoms with Crippen LogP contribution in [0.4, 0.5) is 10.1 Å². The largest absolute Gasteiger partial charge is 0.495 e. The molecule has 0 radical (unpaired) electrons. The molecule has 140 valence electrons. The predicted octanol–water partition coefficient (Wildman–Crippen LogP) is 2.71. The first-order valence-electron chi connectivity index (χ1n) is 7.82. The average molecular weight is 380 g/mol. The molecule has 2 rings (SSSR count). The zero-order valence-corrected chi connectivity index (χ0v) is 15.9. The standard InChI is InChI=1S/C18H21FN2O4S/c1-12-5-6-13(2)15(9-12)20-18(22)11-21(3)26(23,24)17-10-14(19)7-8-16(17)25-4/h5-10H,11H2,1-4H3,(H,20,22). The Kier molecular flexibility index (Phi) is 5.99. The molecule has 0 aliphatic rings. The Morgan fingerprint density at radius 1 is 1.19 bits per heavy atom. The van der Waals surface area contributed by atoms with Crippen LogP contribution in [-0.2, 0) is 14.8 Å². The monoisotopic (exact) mass is 380 g/mol. The summed E-state index contributed by atoms with van der Waals surface area (Å²) in [7, 11) is -1.56. The van der Waals surface area contributed by atoms with Crippen molar-refractivity contribution in [2.75, 3.05) is 26.0 Å². The van der Waals surface area contributed by atoms with Crippen LogP contribution in [0.1, 0.15) is 11.1 Å². The van der Waals surface area contributed by atoms with E-state index in [1.54, 1.807) is 6.07 Å². The molecule has 1 amide bonds. The van der Waals surface area contributed by atoms with Gasteiger partial charge in [-0.3, -0.25) is 4.79 Å². The van der Waals surface area contributed by atoms with Gasteiger partial charge in [0.05, 0.1) is 13.7 Å². The van der Waals surface area contributed by atoms with Gasteiger partial charge in [-0.2, -0.15) is 4.31 Å². The maximum absolute atomic E-state index is 13.5. The molecule has 26 heavy (non-hydrogen) atoms. The van der Waals surface area contributed by atoms with E-state index in [-0.39, 0.29) is 10.6 Å². The van der Waals surface area contributed by atoms with Gasteiger partial charge in [-0.1, -0.05) is 12.1 Å². The van der Waals surface area contributed by atoms with Crippen LogP contribution in [-0.4, -0.2) is 39.3 Å². The molecular formula is C18H21FN2O4S. The molecule has 2 aromatic carbocycles. The van der Waals surface area contributed by atoms with Crippen LogP contribution < -0.4 is 10.1 Å². The van der Waals surface area contributed by atoms with Gasteiger partial charge in [0.25, 0.3) is 0 Å². The highest BCUT2D eigenvalue weighted by atomic mass is 32.2. The first kappa shape index (κ1) is 19.9. The number of amides is 1. The third kappa shape index (κ3) is 4.39. The fraction of sp³-hybridized carbons (Fsp3) is 0.278. The highest BCUT2D eigenvalue weighted by Crippen LogP contribution is 2.27. The minimum atomic E-state index is -4.10. The second-order valence-electron chi connectivity index (χ2n) is 5.92. The molecule has 0 unspecified atom stereocenters. The Bertz CT molecular complexity index is 929. The maximum atomic E-state index is 13.5. The summed E-state index contributed by atoms with van der Waals surface area (Å²) >= 11 is 0. The van der Waals surface area contributed by atoms with Crippen molar-refractivity contribution >= 4 is 21.6 Å². The van der Waals surface area contributed by atoms with Crippen molar-refractivity contribution in [1.29, 1.82) is 0 Å². The molecule has 0 fully saturated rings. The molecule has 8 heteroatoms. The van der Waals surface area contributed by atoms with E-state index in [1.807, 2.05) is 26.0 Å². The fourth-order valence-electron chi connectivity index (χ4n) is 2.37. The Hall–Kier alpha value is -2.45. The van der Waals surface area contributed by atoms with Crippen molar-refractivity contribution in [3.63, 3.8) is 0 Å². The second kappa shape index (κ2) is 7.84. The number of nitrogens with zero attached hydrogens (tertiary/aromatic N) is 1. The Morgan fingerprint density at radius 2 is 1.88 bits per heavy atom. The lowest BCUT2D eigenvalue weighted by Gasteiger charge is -2.19. The zero-order valence-electron chi connectivity index (χ0n) is 15.0. The van der Waals surface area contributed by atoms with Crippen molar-refractivity contribution in [2.45, 2.75) is 18.7 Å².